The lowest BCUT2D eigenvalue weighted by atomic mass is 9.90. The van der Waals surface area contributed by atoms with Gasteiger partial charge in [-0.25, -0.2) is 9.59 Å². The molecule has 0 spiro atoms. The smallest absolute Gasteiger partial charge is 0.348 e. The third kappa shape index (κ3) is 4.62. The van der Waals surface area contributed by atoms with E-state index in [0.29, 0.717) is 0 Å². The van der Waals surface area contributed by atoms with Gasteiger partial charge in [-0.1, -0.05) is 6.08 Å². The maximum Gasteiger partial charge on any atom is 0.348 e. The second-order valence-electron chi connectivity index (χ2n) is 6.74. The zero-order valence-electron chi connectivity index (χ0n) is 16.7. The van der Waals surface area contributed by atoms with E-state index in [1.807, 2.05) is 19.6 Å². The van der Waals surface area contributed by atoms with Crippen molar-refractivity contribution in [1.82, 2.24) is 0 Å². The van der Waals surface area contributed by atoms with Gasteiger partial charge in [-0.2, -0.15) is 0 Å². The van der Waals surface area contributed by atoms with E-state index < -0.39 is 31.6 Å². The van der Waals surface area contributed by atoms with Crippen LogP contribution in [0.15, 0.2) is 23.8 Å². The summed E-state index contributed by atoms with van der Waals surface area (Å²) in [5.74, 6) is -2.79. The molecule has 0 bridgehead atoms. The molecule has 0 radical (unpaired) electrons. The summed E-state index contributed by atoms with van der Waals surface area (Å²) < 4.78 is 28.0. The number of carbonyl (C=O) groups excluding carboxylic acids is 2. The second-order valence-corrected chi connectivity index (χ2v) is 11.2. The lowest BCUT2D eigenvalue weighted by Gasteiger charge is -2.45. The van der Waals surface area contributed by atoms with E-state index in [2.05, 4.69) is 0 Å². The van der Waals surface area contributed by atoms with Gasteiger partial charge in [-0.15, -0.1) is 0 Å². The predicted molar refractivity (Wildman–Crippen MR) is 99.0 cm³/mol. The van der Waals surface area contributed by atoms with Crippen molar-refractivity contribution in [2.24, 2.45) is 0 Å². The molecule has 0 N–H and O–H groups in total. The highest BCUT2D eigenvalue weighted by Gasteiger charge is 2.60. The van der Waals surface area contributed by atoms with Crippen molar-refractivity contribution in [1.29, 1.82) is 0 Å². The number of ether oxygens (including phenoxy) is 4. The largest absolute Gasteiger partial charge is 0.463 e. The highest BCUT2D eigenvalue weighted by atomic mass is 28.4. The third-order valence-electron chi connectivity index (χ3n) is 3.77. The molecule has 0 heterocycles. The lowest BCUT2D eigenvalue weighted by Crippen LogP contribution is -2.64. The van der Waals surface area contributed by atoms with Gasteiger partial charge in [0.05, 0.1) is 13.2 Å². The molecule has 0 aromatic rings. The van der Waals surface area contributed by atoms with Gasteiger partial charge in [-0.3, -0.25) is 0 Å². The Morgan fingerprint density at radius 3 is 2.15 bits per heavy atom. The van der Waals surface area contributed by atoms with Crippen molar-refractivity contribution in [3.05, 3.63) is 23.8 Å². The third-order valence-corrected chi connectivity index (χ3v) is 4.69. The van der Waals surface area contributed by atoms with Crippen LogP contribution in [0.25, 0.3) is 0 Å². The van der Waals surface area contributed by atoms with Gasteiger partial charge in [0.1, 0.15) is 0 Å². The average Bonchev–Trinajstić information content (AvgIpc) is 2.72. The van der Waals surface area contributed by atoms with Crippen LogP contribution in [0.2, 0.25) is 19.6 Å². The fraction of sp³-hybridized carbons (Fsp3) is 0.667. The second kappa shape index (κ2) is 8.94. The first-order chi connectivity index (χ1) is 12.1. The first kappa shape index (κ1) is 22.6. The number of methoxy groups -OCH3 is 2. The summed E-state index contributed by atoms with van der Waals surface area (Å²) in [4.78, 5) is 25.3. The maximum atomic E-state index is 13.0. The van der Waals surface area contributed by atoms with E-state index in [-0.39, 0.29) is 25.2 Å². The summed E-state index contributed by atoms with van der Waals surface area (Å²) in [6, 6.07) is 0. The minimum absolute atomic E-state index is 0.142. The Balaban J connectivity index is 3.65. The summed E-state index contributed by atoms with van der Waals surface area (Å²) in [5, 5.41) is 0. The minimum atomic E-state index is -2.21. The summed E-state index contributed by atoms with van der Waals surface area (Å²) in [6.45, 7) is 9.67. The van der Waals surface area contributed by atoms with Gasteiger partial charge in [0, 0.05) is 19.8 Å². The van der Waals surface area contributed by atoms with E-state index in [4.69, 9.17) is 23.4 Å². The number of hydrogen-bond donors (Lipinski definition) is 0. The molecule has 148 valence electrons. The number of rotatable bonds is 8. The Labute approximate surface area is 156 Å². The van der Waals surface area contributed by atoms with E-state index in [9.17, 15) is 9.59 Å². The SMILES string of the molecule is CCOC(=O)C1=CC(OC)(C(=O)OCC)C(OC)(O[Si](C)(C)C)C=CC1. The number of carbonyl (C=O) groups is 2. The molecule has 1 aliphatic rings. The first-order valence-corrected chi connectivity index (χ1v) is 12.1. The molecule has 26 heavy (non-hydrogen) atoms. The first-order valence-electron chi connectivity index (χ1n) is 8.65. The van der Waals surface area contributed by atoms with Crippen LogP contribution in [0.4, 0.5) is 0 Å². The topological polar surface area (TPSA) is 80.3 Å². The van der Waals surface area contributed by atoms with Gasteiger partial charge in [0.2, 0.25) is 11.4 Å². The van der Waals surface area contributed by atoms with Gasteiger partial charge in [-0.05, 0) is 52.1 Å². The van der Waals surface area contributed by atoms with Gasteiger partial charge < -0.3 is 23.4 Å². The van der Waals surface area contributed by atoms with E-state index >= 15 is 0 Å². The van der Waals surface area contributed by atoms with Gasteiger partial charge in [0.15, 0.2) is 8.32 Å². The Morgan fingerprint density at radius 1 is 1.08 bits per heavy atom. The normalized spacial score (nSPS) is 26.0. The van der Waals surface area contributed by atoms with Crippen molar-refractivity contribution in [3.8, 4) is 0 Å². The quantitative estimate of drug-likeness (QED) is 0.274. The molecule has 1 aliphatic carbocycles. The molecule has 0 amide bonds. The van der Waals surface area contributed by atoms with Crippen LogP contribution in [-0.4, -0.2) is 59.1 Å². The molecule has 2 atom stereocenters. The standard InChI is InChI=1S/C18H30O7Si/c1-8-23-15(19)14-11-10-12-18(22-4,25-26(5,6)7)17(13-14,21-3)16(20)24-9-2/h10,12-13H,8-9,11H2,1-7H3. The average molecular weight is 387 g/mol. The van der Waals surface area contributed by atoms with Crippen molar-refractivity contribution >= 4 is 20.3 Å². The predicted octanol–water partition coefficient (Wildman–Crippen LogP) is 2.58. The van der Waals surface area contributed by atoms with Gasteiger partial charge >= 0.3 is 11.9 Å². The zero-order valence-corrected chi connectivity index (χ0v) is 17.7. The molecule has 1 rings (SSSR count). The highest BCUT2D eigenvalue weighted by molar-refractivity contribution is 6.69. The highest BCUT2D eigenvalue weighted by Crippen LogP contribution is 2.40. The van der Waals surface area contributed by atoms with E-state index in [0.717, 1.165) is 0 Å². The van der Waals surface area contributed by atoms with Crippen molar-refractivity contribution in [2.75, 3.05) is 27.4 Å². The maximum absolute atomic E-state index is 13.0. The molecule has 8 heteroatoms. The summed E-state index contributed by atoms with van der Waals surface area (Å²) >= 11 is 0. The lowest BCUT2D eigenvalue weighted by molar-refractivity contribution is -0.244. The van der Waals surface area contributed by atoms with E-state index in [1.165, 1.54) is 20.3 Å². The number of esters is 2. The van der Waals surface area contributed by atoms with E-state index in [1.54, 1.807) is 26.0 Å². The fourth-order valence-corrected chi connectivity index (χ4v) is 4.00. The number of allylic oxidation sites excluding steroid dienone is 1. The Bertz CT molecular complexity index is 579. The molecule has 0 aliphatic heterocycles. The van der Waals surface area contributed by atoms with Crippen LogP contribution in [0, 0.1) is 0 Å². The molecule has 0 aromatic carbocycles. The minimum Gasteiger partial charge on any atom is -0.463 e. The van der Waals surface area contributed by atoms with Crippen LogP contribution in [0.3, 0.4) is 0 Å². The molecule has 0 aromatic heterocycles. The monoisotopic (exact) mass is 386 g/mol. The molecule has 0 saturated carbocycles. The molecule has 7 nitrogen and oxygen atoms in total. The molecule has 0 fully saturated rings. The Morgan fingerprint density at radius 2 is 1.69 bits per heavy atom. The number of hydrogen-bond acceptors (Lipinski definition) is 7. The van der Waals surface area contributed by atoms with Crippen LogP contribution in [0.1, 0.15) is 20.3 Å². The Hall–Kier alpha value is -1.48. The zero-order chi connectivity index (χ0) is 20.0. The molecular weight excluding hydrogens is 356 g/mol. The van der Waals surface area contributed by atoms with Crippen LogP contribution >= 0.6 is 0 Å². The van der Waals surface area contributed by atoms with Crippen LogP contribution < -0.4 is 0 Å². The molecule has 0 saturated heterocycles. The summed E-state index contributed by atoms with van der Waals surface area (Å²) in [7, 11) is 0.581. The van der Waals surface area contributed by atoms with Crippen molar-refractivity contribution in [2.45, 2.75) is 51.3 Å². The van der Waals surface area contributed by atoms with Crippen molar-refractivity contribution < 1.29 is 33.0 Å². The molecular formula is C18H30O7Si. The fourth-order valence-electron chi connectivity index (χ4n) is 2.79. The summed E-state index contributed by atoms with van der Waals surface area (Å²) in [6.07, 6.45) is 5.00. The van der Waals surface area contributed by atoms with Crippen molar-refractivity contribution in [3.63, 3.8) is 0 Å². The molecule has 2 unspecified atom stereocenters. The Kier molecular flexibility index (Phi) is 7.76. The van der Waals surface area contributed by atoms with Gasteiger partial charge in [0.25, 0.3) is 0 Å². The van der Waals surface area contributed by atoms with Crippen LogP contribution in [0.5, 0.6) is 0 Å². The summed E-state index contributed by atoms with van der Waals surface area (Å²) in [5.41, 5.74) is -1.51. The van der Waals surface area contributed by atoms with Crippen LogP contribution in [-0.2, 0) is 33.0 Å².